The molecular formula is C13H17BrO3. The van der Waals surface area contributed by atoms with E-state index in [-0.39, 0.29) is 12.0 Å². The number of benzene rings is 1. The predicted octanol–water partition coefficient (Wildman–Crippen LogP) is 2.62. The van der Waals surface area contributed by atoms with Gasteiger partial charge in [-0.2, -0.15) is 0 Å². The highest BCUT2D eigenvalue weighted by Gasteiger charge is 2.23. The van der Waals surface area contributed by atoms with E-state index in [9.17, 15) is 5.11 Å². The molecule has 94 valence electrons. The molecule has 2 atom stereocenters. The largest absolute Gasteiger partial charge is 0.494 e. The molecule has 2 unspecified atom stereocenters. The summed E-state index contributed by atoms with van der Waals surface area (Å²) in [6.07, 6.45) is 1.33. The van der Waals surface area contributed by atoms with Crippen molar-refractivity contribution in [2.45, 2.75) is 18.9 Å². The summed E-state index contributed by atoms with van der Waals surface area (Å²) in [5, 5.41) is 9.76. The molecule has 0 saturated carbocycles. The van der Waals surface area contributed by atoms with Gasteiger partial charge in [-0.15, -0.1) is 0 Å². The van der Waals surface area contributed by atoms with Gasteiger partial charge in [-0.3, -0.25) is 0 Å². The standard InChI is InChI=1S/C13H17BrO3/c14-11-1-3-12(4-2-11)17-8-5-10-9-16-7-6-13(10)15/h1-4,10,13,15H,5-9H2. The first kappa shape index (κ1) is 12.9. The van der Waals surface area contributed by atoms with Crippen molar-refractivity contribution in [3.63, 3.8) is 0 Å². The molecule has 1 saturated heterocycles. The highest BCUT2D eigenvalue weighted by Crippen LogP contribution is 2.20. The summed E-state index contributed by atoms with van der Waals surface area (Å²) in [5.41, 5.74) is 0. The second-order valence-corrected chi connectivity index (χ2v) is 5.20. The number of aliphatic hydroxyl groups excluding tert-OH is 1. The number of hydrogen-bond donors (Lipinski definition) is 1. The zero-order valence-electron chi connectivity index (χ0n) is 9.64. The molecule has 1 heterocycles. The van der Waals surface area contributed by atoms with Crippen LogP contribution in [-0.4, -0.2) is 31.0 Å². The Labute approximate surface area is 110 Å². The topological polar surface area (TPSA) is 38.7 Å². The van der Waals surface area contributed by atoms with Crippen molar-refractivity contribution < 1.29 is 14.6 Å². The average molecular weight is 301 g/mol. The number of aliphatic hydroxyl groups is 1. The summed E-state index contributed by atoms with van der Waals surface area (Å²) in [6.45, 7) is 1.93. The van der Waals surface area contributed by atoms with Crippen molar-refractivity contribution in [3.8, 4) is 5.75 Å². The molecule has 1 fully saturated rings. The van der Waals surface area contributed by atoms with Crippen molar-refractivity contribution in [3.05, 3.63) is 28.7 Å². The van der Waals surface area contributed by atoms with Crippen molar-refractivity contribution >= 4 is 15.9 Å². The third-order valence-electron chi connectivity index (χ3n) is 3.01. The van der Waals surface area contributed by atoms with Gasteiger partial charge in [-0.05, 0) is 37.1 Å². The number of halogens is 1. The van der Waals surface area contributed by atoms with Gasteiger partial charge in [0.05, 0.1) is 19.3 Å². The molecule has 1 N–H and O–H groups in total. The van der Waals surface area contributed by atoms with Gasteiger partial charge in [0, 0.05) is 17.0 Å². The van der Waals surface area contributed by atoms with Crippen LogP contribution >= 0.6 is 15.9 Å². The van der Waals surface area contributed by atoms with Crippen LogP contribution in [0.3, 0.4) is 0 Å². The molecule has 0 bridgehead atoms. The van der Waals surface area contributed by atoms with Crippen LogP contribution in [0.1, 0.15) is 12.8 Å². The van der Waals surface area contributed by atoms with Crippen LogP contribution in [0, 0.1) is 5.92 Å². The maximum atomic E-state index is 9.76. The molecule has 0 radical (unpaired) electrons. The van der Waals surface area contributed by atoms with E-state index < -0.39 is 0 Å². The Hall–Kier alpha value is -0.580. The molecule has 2 rings (SSSR count). The van der Waals surface area contributed by atoms with Gasteiger partial charge in [0.15, 0.2) is 0 Å². The van der Waals surface area contributed by atoms with Crippen LogP contribution in [0.2, 0.25) is 0 Å². The lowest BCUT2D eigenvalue weighted by molar-refractivity contribution is -0.0417. The molecule has 0 aliphatic carbocycles. The summed E-state index contributed by atoms with van der Waals surface area (Å²) >= 11 is 3.38. The van der Waals surface area contributed by atoms with E-state index >= 15 is 0 Å². The van der Waals surface area contributed by atoms with E-state index in [0.717, 1.165) is 23.1 Å². The van der Waals surface area contributed by atoms with Gasteiger partial charge in [-0.25, -0.2) is 0 Å². The predicted molar refractivity (Wildman–Crippen MR) is 69.2 cm³/mol. The Balaban J connectivity index is 1.73. The fraction of sp³-hybridized carbons (Fsp3) is 0.538. The van der Waals surface area contributed by atoms with Crippen LogP contribution in [-0.2, 0) is 4.74 Å². The Morgan fingerprint density at radius 1 is 1.35 bits per heavy atom. The molecule has 0 amide bonds. The lowest BCUT2D eigenvalue weighted by Crippen LogP contribution is -2.32. The molecule has 1 aromatic carbocycles. The van der Waals surface area contributed by atoms with Gasteiger partial charge in [0.25, 0.3) is 0 Å². The van der Waals surface area contributed by atoms with Crippen molar-refractivity contribution in [1.29, 1.82) is 0 Å². The minimum absolute atomic E-state index is 0.208. The normalized spacial score (nSPS) is 24.6. The second kappa shape index (κ2) is 6.38. The van der Waals surface area contributed by atoms with E-state index in [0.29, 0.717) is 19.8 Å². The smallest absolute Gasteiger partial charge is 0.119 e. The Kier molecular flexibility index (Phi) is 4.83. The summed E-state index contributed by atoms with van der Waals surface area (Å²) in [4.78, 5) is 0. The first-order chi connectivity index (χ1) is 8.25. The highest BCUT2D eigenvalue weighted by molar-refractivity contribution is 9.10. The van der Waals surface area contributed by atoms with E-state index in [4.69, 9.17) is 9.47 Å². The number of hydrogen-bond acceptors (Lipinski definition) is 3. The molecule has 1 aliphatic rings. The number of rotatable bonds is 4. The Morgan fingerprint density at radius 2 is 2.12 bits per heavy atom. The van der Waals surface area contributed by atoms with Crippen molar-refractivity contribution in [2.24, 2.45) is 5.92 Å². The van der Waals surface area contributed by atoms with Crippen LogP contribution in [0.25, 0.3) is 0 Å². The summed E-state index contributed by atoms with van der Waals surface area (Å²) in [7, 11) is 0. The second-order valence-electron chi connectivity index (χ2n) is 4.28. The van der Waals surface area contributed by atoms with E-state index in [1.807, 2.05) is 24.3 Å². The third-order valence-corrected chi connectivity index (χ3v) is 3.53. The van der Waals surface area contributed by atoms with Crippen molar-refractivity contribution in [1.82, 2.24) is 0 Å². The lowest BCUT2D eigenvalue weighted by Gasteiger charge is -2.27. The van der Waals surface area contributed by atoms with Gasteiger partial charge >= 0.3 is 0 Å². The molecule has 0 aromatic heterocycles. The van der Waals surface area contributed by atoms with E-state index in [1.54, 1.807) is 0 Å². The molecule has 1 aliphatic heterocycles. The third kappa shape index (κ3) is 3.98. The Bertz CT molecular complexity index is 339. The maximum Gasteiger partial charge on any atom is 0.119 e. The van der Waals surface area contributed by atoms with Crippen LogP contribution < -0.4 is 4.74 Å². The fourth-order valence-electron chi connectivity index (χ4n) is 1.92. The lowest BCUT2D eigenvalue weighted by atomic mass is 9.96. The first-order valence-electron chi connectivity index (χ1n) is 5.90. The Morgan fingerprint density at radius 3 is 2.82 bits per heavy atom. The van der Waals surface area contributed by atoms with Crippen LogP contribution in [0.15, 0.2) is 28.7 Å². The van der Waals surface area contributed by atoms with Gasteiger partial charge < -0.3 is 14.6 Å². The maximum absolute atomic E-state index is 9.76. The summed E-state index contributed by atoms with van der Waals surface area (Å²) in [6, 6.07) is 7.76. The minimum atomic E-state index is -0.239. The summed E-state index contributed by atoms with van der Waals surface area (Å²) in [5.74, 6) is 1.07. The SMILES string of the molecule is OC1CCOCC1CCOc1ccc(Br)cc1. The van der Waals surface area contributed by atoms with E-state index in [1.165, 1.54) is 0 Å². The molecular weight excluding hydrogens is 284 g/mol. The zero-order chi connectivity index (χ0) is 12.1. The summed E-state index contributed by atoms with van der Waals surface area (Å²) < 4.78 is 12.0. The van der Waals surface area contributed by atoms with Crippen molar-refractivity contribution in [2.75, 3.05) is 19.8 Å². The quantitative estimate of drug-likeness (QED) is 0.929. The minimum Gasteiger partial charge on any atom is -0.494 e. The molecule has 0 spiro atoms. The highest BCUT2D eigenvalue weighted by atomic mass is 79.9. The van der Waals surface area contributed by atoms with Gasteiger partial charge in [0.1, 0.15) is 5.75 Å². The zero-order valence-corrected chi connectivity index (χ0v) is 11.2. The van der Waals surface area contributed by atoms with Gasteiger partial charge in [0.2, 0.25) is 0 Å². The average Bonchev–Trinajstić information content (AvgIpc) is 2.34. The van der Waals surface area contributed by atoms with E-state index in [2.05, 4.69) is 15.9 Å². The first-order valence-corrected chi connectivity index (χ1v) is 6.69. The monoisotopic (exact) mass is 300 g/mol. The molecule has 3 nitrogen and oxygen atoms in total. The fourth-order valence-corrected chi connectivity index (χ4v) is 2.18. The van der Waals surface area contributed by atoms with Crippen LogP contribution in [0.5, 0.6) is 5.75 Å². The van der Waals surface area contributed by atoms with Gasteiger partial charge in [-0.1, -0.05) is 15.9 Å². The molecule has 17 heavy (non-hydrogen) atoms. The molecule has 4 heteroatoms. The van der Waals surface area contributed by atoms with Crippen LogP contribution in [0.4, 0.5) is 0 Å². The number of ether oxygens (including phenoxy) is 2. The molecule has 1 aromatic rings.